The average molecular weight is 615 g/mol. The van der Waals surface area contributed by atoms with Crippen molar-refractivity contribution < 1.29 is 23.9 Å². The molecule has 4 N–H and O–H groups in total. The summed E-state index contributed by atoms with van der Waals surface area (Å²) in [7, 11) is 0. The number of rotatable bonds is 14. The lowest BCUT2D eigenvalue weighted by Gasteiger charge is -2.20. The van der Waals surface area contributed by atoms with Crippen molar-refractivity contribution in [2.24, 2.45) is 5.73 Å². The number of likely N-dealkylation sites (tertiary alicyclic amines) is 1. The van der Waals surface area contributed by atoms with Gasteiger partial charge in [-0.1, -0.05) is 17.7 Å². The van der Waals surface area contributed by atoms with Crippen molar-refractivity contribution in [2.45, 2.75) is 52.7 Å². The lowest BCUT2D eigenvalue weighted by atomic mass is 10.1. The van der Waals surface area contributed by atoms with Gasteiger partial charge in [0.15, 0.2) is 12.4 Å². The van der Waals surface area contributed by atoms with Gasteiger partial charge in [0, 0.05) is 31.3 Å². The summed E-state index contributed by atoms with van der Waals surface area (Å²) in [6.45, 7) is 10.1. The first-order valence-electron chi connectivity index (χ1n) is 15.5. The summed E-state index contributed by atoms with van der Waals surface area (Å²) in [6, 6.07) is 9.59. The molecule has 5 rings (SSSR count). The summed E-state index contributed by atoms with van der Waals surface area (Å²) in [5.41, 5.74) is 11.4. The fourth-order valence-electron chi connectivity index (χ4n) is 6.00. The lowest BCUT2D eigenvalue weighted by molar-refractivity contribution is -0.147. The van der Waals surface area contributed by atoms with Crippen molar-refractivity contribution in [1.29, 1.82) is 0 Å². The van der Waals surface area contributed by atoms with E-state index in [1.54, 1.807) is 12.1 Å². The molecule has 2 aliphatic heterocycles. The van der Waals surface area contributed by atoms with E-state index in [1.165, 1.54) is 26.0 Å². The number of nitrogens with two attached hydrogens (primary N) is 1. The summed E-state index contributed by atoms with van der Waals surface area (Å²) in [6.07, 6.45) is 6.37. The van der Waals surface area contributed by atoms with Crippen LogP contribution in [0.5, 0.6) is 5.75 Å². The number of nitrogens with one attached hydrogen (secondary N) is 2. The molecule has 0 aliphatic carbocycles. The van der Waals surface area contributed by atoms with Gasteiger partial charge in [-0.15, -0.1) is 0 Å². The van der Waals surface area contributed by atoms with Crippen molar-refractivity contribution >= 4 is 34.8 Å². The Hall–Kier alpha value is -4.64. The molecule has 3 aromatic rings. The van der Waals surface area contributed by atoms with Crippen LogP contribution in [-0.2, 0) is 20.9 Å². The Bertz CT molecular complexity index is 1620. The van der Waals surface area contributed by atoms with Crippen LogP contribution in [0.3, 0.4) is 0 Å². The number of allylic oxidation sites excluding steroid dienone is 2. The summed E-state index contributed by atoms with van der Waals surface area (Å²) >= 11 is 0. The van der Waals surface area contributed by atoms with Crippen molar-refractivity contribution in [1.82, 2.24) is 25.1 Å². The largest absolute Gasteiger partial charge is 0.489 e. The number of ether oxygens (including phenoxy) is 2. The number of aryl methyl sites for hydroxylation is 2. The predicted molar refractivity (Wildman–Crippen MR) is 172 cm³/mol. The second-order valence-corrected chi connectivity index (χ2v) is 11.7. The van der Waals surface area contributed by atoms with E-state index in [0.717, 1.165) is 54.8 Å². The molecule has 0 saturated carbocycles. The number of carbonyl (C=O) groups is 3. The smallest absolute Gasteiger partial charge is 0.303 e. The van der Waals surface area contributed by atoms with Crippen molar-refractivity contribution in [3.63, 3.8) is 0 Å². The normalized spacial score (nSPS) is 16.2. The third kappa shape index (κ3) is 7.72. The van der Waals surface area contributed by atoms with Gasteiger partial charge in [0.25, 0.3) is 5.91 Å². The second kappa shape index (κ2) is 14.4. The van der Waals surface area contributed by atoms with Crippen LogP contribution in [0.4, 0.5) is 0 Å². The number of H-pyrrole nitrogens is 1. The number of hydrogen-bond donors (Lipinski definition) is 3. The Morgan fingerprint density at radius 3 is 2.69 bits per heavy atom. The molecule has 0 radical (unpaired) electrons. The fraction of sp³-hybridized carbons (Fsp3) is 0.412. The molecule has 238 valence electrons. The maximum atomic E-state index is 13.2. The molecule has 1 fully saturated rings. The number of benzene rings is 2. The molecule has 2 aromatic carbocycles. The van der Waals surface area contributed by atoms with Crippen molar-refractivity contribution in [2.75, 3.05) is 39.3 Å². The van der Waals surface area contributed by atoms with E-state index in [2.05, 4.69) is 20.2 Å². The number of aromatic nitrogens is 2. The van der Waals surface area contributed by atoms with Crippen LogP contribution >= 0.6 is 0 Å². The van der Waals surface area contributed by atoms with Crippen LogP contribution < -0.4 is 15.8 Å². The number of fused-ring (bicyclic) bond motifs is 2. The molecular formula is C34H42N6O5. The number of nitrogens with zero attached hydrogens (tertiary/aromatic N) is 3. The molecule has 0 spiro atoms. The standard InChI is InChI=1S/C34H42N6O5/c1-22-7-8-32(23(2)15-22)44-21-26(45-24(3)42)18-36-29(9-10-35)28(20-41)33-37-30-16-25-19-40(14-6-13-39-11-4-5-12-39)34(43)27(25)17-31(30)38-33/h7-10,15-17,20,26,36H,4-6,11-14,18-19,21,35H2,1-3H3,(H,37,38)/b10-9-,29-28-/t26-/m1/s1. The first-order valence-corrected chi connectivity index (χ1v) is 15.5. The van der Waals surface area contributed by atoms with E-state index in [1.807, 2.05) is 43.0 Å². The fourth-order valence-corrected chi connectivity index (χ4v) is 6.00. The number of esters is 1. The zero-order valence-corrected chi connectivity index (χ0v) is 26.2. The third-order valence-electron chi connectivity index (χ3n) is 8.22. The average Bonchev–Trinajstić information content (AvgIpc) is 3.74. The van der Waals surface area contributed by atoms with Crippen molar-refractivity contribution in [3.8, 4) is 5.75 Å². The first kappa shape index (κ1) is 31.8. The van der Waals surface area contributed by atoms with E-state index in [4.69, 9.17) is 15.2 Å². The minimum atomic E-state index is -0.653. The van der Waals surface area contributed by atoms with Crippen molar-refractivity contribution in [3.05, 3.63) is 76.4 Å². The zero-order valence-electron chi connectivity index (χ0n) is 26.2. The van der Waals surface area contributed by atoms with Gasteiger partial charge in [0.05, 0.1) is 23.2 Å². The quantitative estimate of drug-likeness (QED) is 0.107. The van der Waals surface area contributed by atoms with Crippen LogP contribution in [-0.4, -0.2) is 83.4 Å². The Labute approximate surface area is 263 Å². The SMILES string of the molecule is CC(=O)O[C@H](CNC(/C=C\N)=C(/C=O)c1nc2cc3c(cc2[nH]1)CN(CCCN1CCCC1)C3=O)COc1ccc(C)cc1C. The van der Waals surface area contributed by atoms with Gasteiger partial charge in [0.1, 0.15) is 18.2 Å². The van der Waals surface area contributed by atoms with Gasteiger partial charge in [-0.3, -0.25) is 14.4 Å². The lowest BCUT2D eigenvalue weighted by Crippen LogP contribution is -2.35. The third-order valence-corrected chi connectivity index (χ3v) is 8.22. The molecule has 1 atom stereocenters. The maximum absolute atomic E-state index is 13.2. The van der Waals surface area contributed by atoms with Crippen LogP contribution in [0.1, 0.15) is 59.1 Å². The second-order valence-electron chi connectivity index (χ2n) is 11.7. The molecular weight excluding hydrogens is 572 g/mol. The number of aldehydes is 1. The number of hydrogen-bond acceptors (Lipinski definition) is 9. The number of imidazole rings is 1. The highest BCUT2D eigenvalue weighted by atomic mass is 16.6. The molecule has 45 heavy (non-hydrogen) atoms. The Morgan fingerprint density at radius 2 is 1.98 bits per heavy atom. The highest BCUT2D eigenvalue weighted by Crippen LogP contribution is 2.29. The summed E-state index contributed by atoms with van der Waals surface area (Å²) in [5, 5.41) is 3.18. The summed E-state index contributed by atoms with van der Waals surface area (Å²) in [5.74, 6) is 0.583. The Kier molecular flexibility index (Phi) is 10.2. The minimum absolute atomic E-state index is 0.0111. The van der Waals surface area contributed by atoms with Crippen LogP contribution in [0.15, 0.2) is 48.3 Å². The highest BCUT2D eigenvalue weighted by molar-refractivity contribution is 6.08. The van der Waals surface area contributed by atoms with E-state index in [0.29, 0.717) is 41.2 Å². The molecule has 2 aliphatic rings. The molecule has 1 saturated heterocycles. The minimum Gasteiger partial charge on any atom is -0.489 e. The summed E-state index contributed by atoms with van der Waals surface area (Å²) in [4.78, 5) is 49.7. The molecule has 3 heterocycles. The van der Waals surface area contributed by atoms with Gasteiger partial charge in [0.2, 0.25) is 0 Å². The molecule has 1 aromatic heterocycles. The van der Waals surface area contributed by atoms with Crippen LogP contribution in [0.25, 0.3) is 16.6 Å². The summed E-state index contributed by atoms with van der Waals surface area (Å²) < 4.78 is 11.5. The maximum Gasteiger partial charge on any atom is 0.303 e. The highest BCUT2D eigenvalue weighted by Gasteiger charge is 2.28. The van der Waals surface area contributed by atoms with E-state index < -0.39 is 12.1 Å². The van der Waals surface area contributed by atoms with E-state index in [9.17, 15) is 14.4 Å². The number of carbonyl (C=O) groups excluding carboxylic acids is 3. The zero-order chi connectivity index (χ0) is 31.9. The van der Waals surface area contributed by atoms with Gasteiger partial charge < -0.3 is 35.3 Å². The Balaban J connectivity index is 1.30. The van der Waals surface area contributed by atoms with Gasteiger partial charge in [-0.25, -0.2) is 4.98 Å². The van der Waals surface area contributed by atoms with E-state index in [-0.39, 0.29) is 24.6 Å². The van der Waals surface area contributed by atoms with E-state index >= 15 is 0 Å². The molecule has 0 unspecified atom stereocenters. The predicted octanol–water partition coefficient (Wildman–Crippen LogP) is 3.60. The number of amides is 1. The first-order chi connectivity index (χ1) is 21.7. The topological polar surface area (TPSA) is 143 Å². The van der Waals surface area contributed by atoms with Gasteiger partial charge in [-0.05, 0) is 94.3 Å². The van der Waals surface area contributed by atoms with Crippen LogP contribution in [0, 0.1) is 13.8 Å². The number of aromatic amines is 1. The Morgan fingerprint density at radius 1 is 1.18 bits per heavy atom. The van der Waals surface area contributed by atoms with Crippen LogP contribution in [0.2, 0.25) is 0 Å². The molecule has 1 amide bonds. The molecule has 11 heteroatoms. The van der Waals surface area contributed by atoms with Gasteiger partial charge >= 0.3 is 5.97 Å². The molecule has 11 nitrogen and oxygen atoms in total. The van der Waals surface area contributed by atoms with Gasteiger partial charge in [-0.2, -0.15) is 0 Å². The monoisotopic (exact) mass is 614 g/mol. The molecule has 0 bridgehead atoms.